The molecule has 1 fully saturated rings. The van der Waals surface area contributed by atoms with Crippen LogP contribution in [0.15, 0.2) is 35.7 Å². The number of hydrogen-bond donors (Lipinski definition) is 0. The average molecular weight is 269 g/mol. The molecule has 0 aliphatic heterocycles. The Bertz CT molecular complexity index is 407. The van der Waals surface area contributed by atoms with E-state index in [0.717, 1.165) is 18.4 Å². The van der Waals surface area contributed by atoms with Crippen molar-refractivity contribution in [3.63, 3.8) is 0 Å². The van der Waals surface area contributed by atoms with E-state index in [1.165, 1.54) is 19.3 Å². The molecule has 0 aromatic heterocycles. The highest BCUT2D eigenvalue weighted by Crippen LogP contribution is 2.25. The molecule has 1 aromatic carbocycles. The lowest BCUT2D eigenvalue weighted by molar-refractivity contribution is 0.506. The summed E-state index contributed by atoms with van der Waals surface area (Å²) in [6.45, 7) is 0. The summed E-state index contributed by atoms with van der Waals surface area (Å²) in [6.07, 6.45) is 5.83. The molecule has 3 heteroatoms. The summed E-state index contributed by atoms with van der Waals surface area (Å²) >= 11 is 6.19. The van der Waals surface area contributed by atoms with Gasteiger partial charge >= 0.3 is 0 Å². The Labute approximate surface area is 110 Å². The van der Waals surface area contributed by atoms with Gasteiger partial charge in [-0.3, -0.25) is 4.21 Å². The zero-order valence-electron chi connectivity index (χ0n) is 9.77. The first-order chi connectivity index (χ1) is 8.27. The summed E-state index contributed by atoms with van der Waals surface area (Å²) in [5.41, 5.74) is 0.943. The van der Waals surface area contributed by atoms with Crippen molar-refractivity contribution in [2.45, 2.75) is 37.4 Å². The van der Waals surface area contributed by atoms with E-state index in [-0.39, 0.29) is 0 Å². The minimum atomic E-state index is -0.931. The van der Waals surface area contributed by atoms with E-state index in [4.69, 9.17) is 11.6 Å². The molecule has 17 heavy (non-hydrogen) atoms. The third-order valence-corrected chi connectivity index (χ3v) is 5.20. The number of halogens is 1. The van der Waals surface area contributed by atoms with Crippen LogP contribution in [0.4, 0.5) is 0 Å². The molecule has 2 rings (SSSR count). The van der Waals surface area contributed by atoms with E-state index < -0.39 is 10.8 Å². The van der Waals surface area contributed by atoms with Crippen molar-refractivity contribution < 1.29 is 4.21 Å². The number of benzene rings is 1. The summed E-state index contributed by atoms with van der Waals surface area (Å²) in [4.78, 5) is 0. The molecule has 0 radical (unpaired) electrons. The summed E-state index contributed by atoms with van der Waals surface area (Å²) in [6, 6.07) is 9.71. The molecule has 0 saturated heterocycles. The maximum Gasteiger partial charge on any atom is 0.0566 e. The standard InChI is InChI=1S/C14H17ClOS/c15-14(12-7-3-1-4-8-12)11-17(16)13-9-5-2-6-10-13/h1,3-4,7-8,11,13H,2,5-6,9-10H2/t17-/m0/s1. The lowest BCUT2D eigenvalue weighted by Gasteiger charge is -2.19. The Morgan fingerprint density at radius 1 is 1.18 bits per heavy atom. The fourth-order valence-electron chi connectivity index (χ4n) is 2.16. The quantitative estimate of drug-likeness (QED) is 0.799. The van der Waals surface area contributed by atoms with E-state index in [1.807, 2.05) is 30.3 Å². The van der Waals surface area contributed by atoms with Crippen LogP contribution in [-0.4, -0.2) is 9.46 Å². The van der Waals surface area contributed by atoms with Crippen LogP contribution >= 0.6 is 11.6 Å². The molecule has 0 unspecified atom stereocenters. The Kier molecular flexibility index (Phi) is 4.81. The van der Waals surface area contributed by atoms with Crippen LogP contribution in [0.2, 0.25) is 0 Å². The van der Waals surface area contributed by atoms with E-state index in [0.29, 0.717) is 10.3 Å². The van der Waals surface area contributed by atoms with Crippen molar-refractivity contribution in [2.24, 2.45) is 0 Å². The molecule has 0 heterocycles. The molecule has 0 N–H and O–H groups in total. The number of hydrogen-bond acceptors (Lipinski definition) is 1. The van der Waals surface area contributed by atoms with Gasteiger partial charge in [0, 0.05) is 10.7 Å². The third kappa shape index (κ3) is 3.68. The highest BCUT2D eigenvalue weighted by Gasteiger charge is 2.18. The van der Waals surface area contributed by atoms with E-state index in [9.17, 15) is 4.21 Å². The van der Waals surface area contributed by atoms with Crippen molar-refractivity contribution in [3.05, 3.63) is 41.3 Å². The maximum absolute atomic E-state index is 12.1. The Morgan fingerprint density at radius 3 is 2.47 bits per heavy atom. The second kappa shape index (κ2) is 6.36. The van der Waals surface area contributed by atoms with Gasteiger partial charge in [0.15, 0.2) is 0 Å². The Balaban J connectivity index is 2.05. The monoisotopic (exact) mass is 268 g/mol. The van der Waals surface area contributed by atoms with Crippen LogP contribution < -0.4 is 0 Å². The largest absolute Gasteiger partial charge is 0.255 e. The first-order valence-electron chi connectivity index (χ1n) is 6.09. The molecular formula is C14H17ClOS. The van der Waals surface area contributed by atoms with Crippen molar-refractivity contribution in [2.75, 3.05) is 0 Å². The molecule has 92 valence electrons. The van der Waals surface area contributed by atoms with Gasteiger partial charge in [0.25, 0.3) is 0 Å². The fourth-order valence-corrected chi connectivity index (χ4v) is 3.88. The summed E-state index contributed by atoms with van der Waals surface area (Å²) in [5, 5.41) is 2.63. The van der Waals surface area contributed by atoms with Gasteiger partial charge in [0.2, 0.25) is 0 Å². The van der Waals surface area contributed by atoms with Gasteiger partial charge in [-0.2, -0.15) is 0 Å². The van der Waals surface area contributed by atoms with Crippen LogP contribution in [0.1, 0.15) is 37.7 Å². The topological polar surface area (TPSA) is 17.1 Å². The molecule has 1 aliphatic carbocycles. The summed E-state index contributed by atoms with van der Waals surface area (Å²) < 4.78 is 12.1. The minimum Gasteiger partial charge on any atom is -0.255 e. The Morgan fingerprint density at radius 2 is 1.82 bits per heavy atom. The molecule has 1 saturated carbocycles. The van der Waals surface area contributed by atoms with Gasteiger partial charge in [-0.05, 0) is 18.4 Å². The molecule has 0 bridgehead atoms. The smallest absolute Gasteiger partial charge is 0.0566 e. The van der Waals surface area contributed by atoms with Crippen molar-refractivity contribution in [1.29, 1.82) is 0 Å². The van der Waals surface area contributed by atoms with Gasteiger partial charge in [-0.1, -0.05) is 61.2 Å². The maximum atomic E-state index is 12.1. The van der Waals surface area contributed by atoms with Gasteiger partial charge in [-0.25, -0.2) is 0 Å². The highest BCUT2D eigenvalue weighted by molar-refractivity contribution is 7.88. The van der Waals surface area contributed by atoms with E-state index >= 15 is 0 Å². The molecule has 1 atom stereocenters. The predicted molar refractivity (Wildman–Crippen MR) is 75.3 cm³/mol. The molecule has 1 aliphatic rings. The van der Waals surface area contributed by atoms with Crippen molar-refractivity contribution in [3.8, 4) is 0 Å². The Hall–Kier alpha value is -0.600. The lowest BCUT2D eigenvalue weighted by atomic mass is 10.0. The zero-order valence-corrected chi connectivity index (χ0v) is 11.3. The first kappa shape index (κ1) is 12.8. The molecule has 1 aromatic rings. The van der Waals surface area contributed by atoms with E-state index in [1.54, 1.807) is 5.41 Å². The minimum absolute atomic E-state index is 0.307. The molecule has 1 nitrogen and oxygen atoms in total. The summed E-state index contributed by atoms with van der Waals surface area (Å²) in [5.74, 6) is 0. The van der Waals surface area contributed by atoms with Crippen LogP contribution in [0, 0.1) is 0 Å². The zero-order chi connectivity index (χ0) is 12.1. The SMILES string of the molecule is O=[S@@](C=C(Cl)c1ccccc1)C1CCCCC1. The molecular weight excluding hydrogens is 252 g/mol. The van der Waals surface area contributed by atoms with E-state index in [2.05, 4.69) is 0 Å². The van der Waals surface area contributed by atoms with Gasteiger partial charge in [0.05, 0.1) is 15.8 Å². The number of rotatable bonds is 3. The molecule has 0 amide bonds. The fraction of sp³-hybridized carbons (Fsp3) is 0.429. The van der Waals surface area contributed by atoms with Crippen LogP contribution in [-0.2, 0) is 10.8 Å². The van der Waals surface area contributed by atoms with Crippen molar-refractivity contribution >= 4 is 27.4 Å². The van der Waals surface area contributed by atoms with Gasteiger partial charge in [-0.15, -0.1) is 0 Å². The predicted octanol–water partition coefficient (Wildman–Crippen LogP) is 4.31. The summed E-state index contributed by atoms with van der Waals surface area (Å²) in [7, 11) is -0.931. The first-order valence-corrected chi connectivity index (χ1v) is 7.75. The van der Waals surface area contributed by atoms with Crippen molar-refractivity contribution in [1.82, 2.24) is 0 Å². The van der Waals surface area contributed by atoms with Crippen LogP contribution in [0.5, 0.6) is 0 Å². The van der Waals surface area contributed by atoms with Gasteiger partial charge < -0.3 is 0 Å². The van der Waals surface area contributed by atoms with Gasteiger partial charge in [0.1, 0.15) is 0 Å². The second-order valence-electron chi connectivity index (χ2n) is 4.42. The molecule has 0 spiro atoms. The normalized spacial score (nSPS) is 20.2. The second-order valence-corrected chi connectivity index (χ2v) is 6.39. The third-order valence-electron chi connectivity index (χ3n) is 3.15. The van der Waals surface area contributed by atoms with Crippen LogP contribution in [0.25, 0.3) is 5.03 Å². The average Bonchev–Trinajstić information content (AvgIpc) is 2.40. The lowest BCUT2D eigenvalue weighted by Crippen LogP contribution is -2.16. The van der Waals surface area contributed by atoms with Crippen LogP contribution in [0.3, 0.4) is 0 Å². The highest BCUT2D eigenvalue weighted by atomic mass is 35.5.